The SMILES string of the molecule is CC(C)N(C(=O)c1ccc(S(N)(=O)=O)cc1)c1ccc2nc(S)sc2n1. The van der Waals surface area contributed by atoms with Gasteiger partial charge in [-0.25, -0.2) is 23.5 Å². The van der Waals surface area contributed by atoms with E-state index in [9.17, 15) is 13.2 Å². The number of thiazole rings is 1. The Balaban J connectivity index is 1.99. The Hall–Kier alpha value is -2.01. The van der Waals surface area contributed by atoms with Gasteiger partial charge in [-0.1, -0.05) is 11.3 Å². The molecular weight excluding hydrogens is 392 g/mol. The van der Waals surface area contributed by atoms with E-state index in [2.05, 4.69) is 22.6 Å². The fourth-order valence-corrected chi connectivity index (χ4v) is 4.02. The summed E-state index contributed by atoms with van der Waals surface area (Å²) in [6, 6.07) is 8.87. The maximum absolute atomic E-state index is 13.0. The monoisotopic (exact) mass is 408 g/mol. The molecule has 3 rings (SSSR count). The Morgan fingerprint density at radius 3 is 2.38 bits per heavy atom. The Morgan fingerprint density at radius 2 is 1.81 bits per heavy atom. The molecule has 1 aromatic carbocycles. The summed E-state index contributed by atoms with van der Waals surface area (Å²) in [6.07, 6.45) is 0. The van der Waals surface area contributed by atoms with Crippen LogP contribution >= 0.6 is 24.0 Å². The molecule has 7 nitrogen and oxygen atoms in total. The van der Waals surface area contributed by atoms with Gasteiger partial charge in [0.1, 0.15) is 20.5 Å². The Bertz CT molecular complexity index is 1080. The van der Waals surface area contributed by atoms with Crippen LogP contribution in [0.2, 0.25) is 0 Å². The van der Waals surface area contributed by atoms with Crippen molar-refractivity contribution in [1.82, 2.24) is 9.97 Å². The molecule has 0 radical (unpaired) electrons. The van der Waals surface area contributed by atoms with E-state index >= 15 is 0 Å². The van der Waals surface area contributed by atoms with Gasteiger partial charge in [0, 0.05) is 11.6 Å². The molecule has 2 N–H and O–H groups in total. The number of rotatable bonds is 4. The quantitative estimate of drug-likeness (QED) is 0.646. The van der Waals surface area contributed by atoms with Gasteiger partial charge >= 0.3 is 0 Å². The number of hydrogen-bond donors (Lipinski definition) is 2. The average Bonchev–Trinajstić information content (AvgIpc) is 2.93. The molecule has 1 amide bonds. The summed E-state index contributed by atoms with van der Waals surface area (Å²) in [7, 11) is -3.81. The van der Waals surface area contributed by atoms with E-state index in [0.717, 1.165) is 5.52 Å². The van der Waals surface area contributed by atoms with Gasteiger partial charge < -0.3 is 0 Å². The van der Waals surface area contributed by atoms with Crippen LogP contribution in [-0.2, 0) is 10.0 Å². The predicted molar refractivity (Wildman–Crippen MR) is 104 cm³/mol. The van der Waals surface area contributed by atoms with Crippen molar-refractivity contribution in [2.24, 2.45) is 5.14 Å². The van der Waals surface area contributed by atoms with E-state index in [-0.39, 0.29) is 16.8 Å². The number of sulfonamides is 1. The number of benzene rings is 1. The lowest BCUT2D eigenvalue weighted by molar-refractivity contribution is 0.0979. The molecule has 0 bridgehead atoms. The lowest BCUT2D eigenvalue weighted by Gasteiger charge is -2.26. The van der Waals surface area contributed by atoms with Gasteiger partial charge in [0.15, 0.2) is 0 Å². The molecular formula is C16H16N4O3S3. The number of fused-ring (bicyclic) bond motifs is 1. The van der Waals surface area contributed by atoms with E-state index in [1.54, 1.807) is 17.0 Å². The molecule has 2 heterocycles. The second-order valence-corrected chi connectivity index (χ2v) is 9.09. The third-order valence-corrected chi connectivity index (χ3v) is 5.71. The molecule has 3 aromatic rings. The van der Waals surface area contributed by atoms with Gasteiger partial charge in [-0.2, -0.15) is 0 Å². The van der Waals surface area contributed by atoms with Gasteiger partial charge in [-0.15, -0.1) is 12.6 Å². The second kappa shape index (κ2) is 6.95. The molecule has 0 aliphatic heterocycles. The van der Waals surface area contributed by atoms with Crippen LogP contribution in [0.5, 0.6) is 0 Å². The van der Waals surface area contributed by atoms with E-state index in [1.807, 2.05) is 13.8 Å². The summed E-state index contributed by atoms with van der Waals surface area (Å²) < 4.78 is 23.3. The minimum absolute atomic E-state index is 0.0457. The van der Waals surface area contributed by atoms with Gasteiger partial charge in [-0.05, 0) is 50.2 Å². The highest BCUT2D eigenvalue weighted by Crippen LogP contribution is 2.27. The molecule has 136 valence electrons. The molecule has 0 fully saturated rings. The van der Waals surface area contributed by atoms with Crippen LogP contribution < -0.4 is 10.0 Å². The van der Waals surface area contributed by atoms with Crippen LogP contribution in [0.4, 0.5) is 5.82 Å². The van der Waals surface area contributed by atoms with Crippen LogP contribution in [0.25, 0.3) is 10.3 Å². The maximum atomic E-state index is 13.0. The number of thiol groups is 1. The van der Waals surface area contributed by atoms with Crippen LogP contribution in [0.3, 0.4) is 0 Å². The van der Waals surface area contributed by atoms with Crippen molar-refractivity contribution < 1.29 is 13.2 Å². The number of aromatic nitrogens is 2. The van der Waals surface area contributed by atoms with Crippen molar-refractivity contribution in [3.05, 3.63) is 42.0 Å². The highest BCUT2D eigenvalue weighted by atomic mass is 32.2. The summed E-state index contributed by atoms with van der Waals surface area (Å²) in [5.74, 6) is 0.202. The smallest absolute Gasteiger partial charge is 0.259 e. The Labute approximate surface area is 160 Å². The molecule has 0 aliphatic rings. The highest BCUT2D eigenvalue weighted by molar-refractivity contribution is 7.89. The molecule has 0 atom stereocenters. The number of pyridine rings is 1. The van der Waals surface area contributed by atoms with E-state index in [0.29, 0.717) is 20.6 Å². The van der Waals surface area contributed by atoms with Gasteiger partial charge in [0.2, 0.25) is 10.0 Å². The second-order valence-electron chi connectivity index (χ2n) is 5.83. The first-order valence-electron chi connectivity index (χ1n) is 7.60. The van der Waals surface area contributed by atoms with Crippen LogP contribution in [0, 0.1) is 0 Å². The standard InChI is InChI=1S/C16H16N4O3S3/c1-9(2)20(13-8-7-12-14(19-13)25-16(24)18-12)15(21)10-3-5-11(6-4-10)26(17,22)23/h3-9H,1-2H3,(H,18,24)(H2,17,22,23). The number of primary sulfonamides is 1. The number of amides is 1. The van der Waals surface area contributed by atoms with Crippen molar-refractivity contribution >= 4 is 56.1 Å². The maximum Gasteiger partial charge on any atom is 0.259 e. The first-order valence-corrected chi connectivity index (χ1v) is 10.4. The normalized spacial score (nSPS) is 11.9. The van der Waals surface area contributed by atoms with Crippen LogP contribution in [0.15, 0.2) is 45.6 Å². The van der Waals surface area contributed by atoms with Crippen molar-refractivity contribution in [3.8, 4) is 0 Å². The van der Waals surface area contributed by atoms with E-state index in [1.165, 1.54) is 35.6 Å². The van der Waals surface area contributed by atoms with Gasteiger partial charge in [-0.3, -0.25) is 9.69 Å². The van der Waals surface area contributed by atoms with Crippen LogP contribution in [0.1, 0.15) is 24.2 Å². The van der Waals surface area contributed by atoms with Crippen LogP contribution in [-0.4, -0.2) is 30.3 Å². The lowest BCUT2D eigenvalue weighted by atomic mass is 10.1. The molecule has 10 heteroatoms. The average molecular weight is 409 g/mol. The Morgan fingerprint density at radius 1 is 1.15 bits per heavy atom. The zero-order valence-electron chi connectivity index (χ0n) is 13.9. The number of nitrogens with two attached hydrogens (primary N) is 1. The predicted octanol–water partition coefficient (Wildman–Crippen LogP) is 2.68. The first-order chi connectivity index (χ1) is 12.2. The van der Waals surface area contributed by atoms with Gasteiger partial charge in [0.05, 0.1) is 4.90 Å². The fraction of sp³-hybridized carbons (Fsp3) is 0.188. The van der Waals surface area contributed by atoms with Gasteiger partial charge in [0.25, 0.3) is 5.91 Å². The summed E-state index contributed by atoms with van der Waals surface area (Å²) in [5, 5.41) is 5.09. The molecule has 0 spiro atoms. The minimum Gasteiger partial charge on any atom is -0.290 e. The third kappa shape index (κ3) is 3.73. The minimum atomic E-state index is -3.81. The molecule has 0 aliphatic carbocycles. The van der Waals surface area contributed by atoms with Crippen molar-refractivity contribution in [3.63, 3.8) is 0 Å². The summed E-state index contributed by atoms with van der Waals surface area (Å²) in [4.78, 5) is 23.9. The number of carbonyl (C=O) groups excluding carboxylic acids is 1. The zero-order valence-corrected chi connectivity index (χ0v) is 16.5. The summed E-state index contributed by atoms with van der Waals surface area (Å²) in [5.41, 5.74) is 1.06. The van der Waals surface area contributed by atoms with Crippen molar-refractivity contribution in [1.29, 1.82) is 0 Å². The molecule has 0 saturated heterocycles. The zero-order chi connectivity index (χ0) is 19.1. The number of nitrogens with zero attached hydrogens (tertiary/aromatic N) is 3. The number of hydrogen-bond acceptors (Lipinski definition) is 7. The topological polar surface area (TPSA) is 106 Å². The molecule has 0 unspecified atom stereocenters. The lowest BCUT2D eigenvalue weighted by Crippen LogP contribution is -2.37. The first kappa shape index (κ1) is 18.8. The van der Waals surface area contributed by atoms with Crippen molar-refractivity contribution in [2.75, 3.05) is 4.90 Å². The van der Waals surface area contributed by atoms with E-state index in [4.69, 9.17) is 5.14 Å². The molecule has 26 heavy (non-hydrogen) atoms. The van der Waals surface area contributed by atoms with Crippen molar-refractivity contribution in [2.45, 2.75) is 29.1 Å². The van der Waals surface area contributed by atoms with E-state index < -0.39 is 10.0 Å². The summed E-state index contributed by atoms with van der Waals surface area (Å²) in [6.45, 7) is 3.75. The molecule has 0 saturated carbocycles. The number of carbonyl (C=O) groups is 1. The largest absolute Gasteiger partial charge is 0.290 e. The molecule has 2 aromatic heterocycles. The highest BCUT2D eigenvalue weighted by Gasteiger charge is 2.23. The Kier molecular flexibility index (Phi) is 5.02. The summed E-state index contributed by atoms with van der Waals surface area (Å²) >= 11 is 5.56. The fourth-order valence-electron chi connectivity index (χ4n) is 2.46. The number of anilines is 1. The third-order valence-electron chi connectivity index (χ3n) is 3.64.